The van der Waals surface area contributed by atoms with Crippen molar-refractivity contribution in [3.8, 4) is 0 Å². The lowest BCUT2D eigenvalue weighted by Crippen LogP contribution is -2.16. The topological polar surface area (TPSA) is 25.2 Å². The van der Waals surface area contributed by atoms with Gasteiger partial charge in [-0.2, -0.15) is 0 Å². The molecule has 0 radical (unpaired) electrons. The minimum absolute atomic E-state index is 0.251. The third kappa shape index (κ3) is 2.62. The Hall–Kier alpha value is -0.800. The Bertz CT molecular complexity index is 545. The van der Waals surface area contributed by atoms with Crippen LogP contribution in [0.1, 0.15) is 51.0 Å². The van der Waals surface area contributed by atoms with Crippen LogP contribution >= 0.6 is 15.9 Å². The van der Waals surface area contributed by atoms with Crippen molar-refractivity contribution in [2.45, 2.75) is 39.7 Å². The van der Waals surface area contributed by atoms with Crippen LogP contribution in [0.5, 0.6) is 0 Å². The smallest absolute Gasteiger partial charge is 0.137 e. The Balaban J connectivity index is 2.53. The van der Waals surface area contributed by atoms with Gasteiger partial charge in [0.05, 0.1) is 6.04 Å². The third-order valence-corrected chi connectivity index (χ3v) is 3.65. The molecule has 1 aromatic carbocycles. The normalized spacial score (nSPS) is 13.4. The van der Waals surface area contributed by atoms with E-state index in [0.29, 0.717) is 5.92 Å². The Morgan fingerprint density at radius 3 is 2.56 bits per heavy atom. The maximum absolute atomic E-state index is 6.05. The van der Waals surface area contributed by atoms with E-state index in [9.17, 15) is 0 Å². The van der Waals surface area contributed by atoms with E-state index >= 15 is 0 Å². The molecule has 1 N–H and O–H groups in total. The van der Waals surface area contributed by atoms with Crippen LogP contribution in [0.4, 0.5) is 0 Å². The number of fused-ring (bicyclic) bond motifs is 1. The van der Waals surface area contributed by atoms with Crippen LogP contribution in [-0.2, 0) is 0 Å². The molecule has 98 valence electrons. The Morgan fingerprint density at radius 1 is 1.22 bits per heavy atom. The van der Waals surface area contributed by atoms with Crippen LogP contribution in [0.3, 0.4) is 0 Å². The van der Waals surface area contributed by atoms with Crippen molar-refractivity contribution in [2.75, 3.05) is 6.54 Å². The van der Waals surface area contributed by atoms with Crippen LogP contribution in [0.15, 0.2) is 27.1 Å². The number of rotatable bonds is 4. The largest absolute Gasteiger partial charge is 0.459 e. The van der Waals surface area contributed by atoms with E-state index in [1.165, 1.54) is 10.9 Å². The molecule has 0 bridgehead atoms. The minimum atomic E-state index is 0.251. The third-order valence-electron chi connectivity index (χ3n) is 3.19. The van der Waals surface area contributed by atoms with Gasteiger partial charge in [0, 0.05) is 9.86 Å². The van der Waals surface area contributed by atoms with E-state index in [1.54, 1.807) is 0 Å². The van der Waals surface area contributed by atoms with Crippen LogP contribution in [0, 0.1) is 0 Å². The van der Waals surface area contributed by atoms with Gasteiger partial charge in [-0.25, -0.2) is 0 Å². The van der Waals surface area contributed by atoms with E-state index in [4.69, 9.17) is 4.42 Å². The van der Waals surface area contributed by atoms with Crippen molar-refractivity contribution in [1.29, 1.82) is 0 Å². The van der Waals surface area contributed by atoms with Crippen molar-refractivity contribution in [1.82, 2.24) is 5.32 Å². The first-order chi connectivity index (χ1) is 8.52. The van der Waals surface area contributed by atoms with E-state index in [2.05, 4.69) is 67.1 Å². The van der Waals surface area contributed by atoms with Gasteiger partial charge < -0.3 is 9.73 Å². The highest BCUT2D eigenvalue weighted by Crippen LogP contribution is 2.33. The molecular weight excluding hydrogens is 290 g/mol. The second-order valence-corrected chi connectivity index (χ2v) is 5.91. The summed E-state index contributed by atoms with van der Waals surface area (Å²) in [7, 11) is 0. The summed E-state index contributed by atoms with van der Waals surface area (Å²) in [6.07, 6.45) is 0. The van der Waals surface area contributed by atoms with Crippen LogP contribution < -0.4 is 5.32 Å². The highest BCUT2D eigenvalue weighted by atomic mass is 79.9. The van der Waals surface area contributed by atoms with Gasteiger partial charge in [-0.3, -0.25) is 0 Å². The molecule has 18 heavy (non-hydrogen) atoms. The monoisotopic (exact) mass is 309 g/mol. The van der Waals surface area contributed by atoms with Crippen molar-refractivity contribution < 1.29 is 4.42 Å². The first kappa shape index (κ1) is 13.6. The maximum Gasteiger partial charge on any atom is 0.137 e. The predicted octanol–water partition coefficient (Wildman–Crippen LogP) is 4.99. The number of hydrogen-bond acceptors (Lipinski definition) is 2. The molecule has 0 aliphatic heterocycles. The summed E-state index contributed by atoms with van der Waals surface area (Å²) in [6.45, 7) is 9.56. The fourth-order valence-electron chi connectivity index (χ4n) is 2.21. The molecule has 1 heterocycles. The maximum atomic E-state index is 6.05. The van der Waals surface area contributed by atoms with Gasteiger partial charge in [0.2, 0.25) is 0 Å². The van der Waals surface area contributed by atoms with Crippen molar-refractivity contribution in [3.63, 3.8) is 0 Å². The molecule has 3 heteroatoms. The molecule has 0 spiro atoms. The summed E-state index contributed by atoms with van der Waals surface area (Å²) >= 11 is 3.57. The van der Waals surface area contributed by atoms with Crippen molar-refractivity contribution >= 4 is 26.9 Å². The zero-order valence-electron chi connectivity index (χ0n) is 11.4. The van der Waals surface area contributed by atoms with E-state index in [0.717, 1.165) is 22.4 Å². The first-order valence-electron chi connectivity index (χ1n) is 6.49. The molecule has 0 aliphatic carbocycles. The summed E-state index contributed by atoms with van der Waals surface area (Å²) in [5.41, 5.74) is 2.28. The second kappa shape index (κ2) is 5.45. The van der Waals surface area contributed by atoms with Crippen molar-refractivity contribution in [2.24, 2.45) is 0 Å². The molecule has 0 saturated carbocycles. The molecule has 2 aromatic rings. The zero-order valence-corrected chi connectivity index (χ0v) is 13.0. The van der Waals surface area contributed by atoms with E-state index < -0.39 is 0 Å². The van der Waals surface area contributed by atoms with Gasteiger partial charge in [0.15, 0.2) is 0 Å². The summed E-state index contributed by atoms with van der Waals surface area (Å²) in [5.74, 6) is 1.46. The highest BCUT2D eigenvalue weighted by molar-refractivity contribution is 9.10. The van der Waals surface area contributed by atoms with Gasteiger partial charge in [-0.05, 0) is 43.1 Å². The van der Waals surface area contributed by atoms with Crippen molar-refractivity contribution in [3.05, 3.63) is 34.0 Å². The quantitative estimate of drug-likeness (QED) is 0.860. The van der Waals surface area contributed by atoms with Gasteiger partial charge >= 0.3 is 0 Å². The molecular formula is C15H20BrNO. The van der Waals surface area contributed by atoms with E-state index in [-0.39, 0.29) is 6.04 Å². The Morgan fingerprint density at radius 2 is 1.94 bits per heavy atom. The molecule has 0 aliphatic rings. The van der Waals surface area contributed by atoms with Crippen LogP contribution in [0.25, 0.3) is 11.0 Å². The molecule has 1 atom stereocenters. The Kier molecular flexibility index (Phi) is 4.13. The molecule has 2 rings (SSSR count). The summed E-state index contributed by atoms with van der Waals surface area (Å²) in [5, 5.41) is 4.55. The molecule has 0 saturated heterocycles. The number of hydrogen-bond donors (Lipinski definition) is 1. The molecule has 1 aromatic heterocycles. The summed E-state index contributed by atoms with van der Waals surface area (Å²) < 4.78 is 7.16. The van der Waals surface area contributed by atoms with Crippen LogP contribution in [-0.4, -0.2) is 6.54 Å². The van der Waals surface area contributed by atoms with Gasteiger partial charge in [0.1, 0.15) is 11.3 Å². The fourth-order valence-corrected chi connectivity index (χ4v) is 2.70. The molecule has 0 amide bonds. The second-order valence-electron chi connectivity index (χ2n) is 5.00. The number of halogens is 1. The lowest BCUT2D eigenvalue weighted by atomic mass is 10.0. The van der Waals surface area contributed by atoms with Gasteiger partial charge in [0.25, 0.3) is 0 Å². The molecule has 2 nitrogen and oxygen atoms in total. The minimum Gasteiger partial charge on any atom is -0.459 e. The van der Waals surface area contributed by atoms with Gasteiger partial charge in [-0.15, -0.1) is 0 Å². The lowest BCUT2D eigenvalue weighted by molar-refractivity contribution is 0.457. The molecule has 0 fully saturated rings. The number of nitrogens with one attached hydrogen (secondary N) is 1. The Labute approximate surface area is 117 Å². The summed E-state index contributed by atoms with van der Waals surface area (Å²) in [6, 6.07) is 6.66. The molecule has 1 unspecified atom stereocenters. The van der Waals surface area contributed by atoms with E-state index in [1.807, 2.05) is 0 Å². The highest BCUT2D eigenvalue weighted by Gasteiger charge is 2.15. The van der Waals surface area contributed by atoms with Gasteiger partial charge in [-0.1, -0.05) is 36.7 Å². The number of furan rings is 1. The predicted molar refractivity (Wildman–Crippen MR) is 80.1 cm³/mol. The average molecular weight is 310 g/mol. The summed E-state index contributed by atoms with van der Waals surface area (Å²) in [4.78, 5) is 0. The lowest BCUT2D eigenvalue weighted by Gasteiger charge is -2.09. The average Bonchev–Trinajstić information content (AvgIpc) is 2.71. The fraction of sp³-hybridized carbons (Fsp3) is 0.467. The number of benzene rings is 1. The zero-order chi connectivity index (χ0) is 13.3. The first-order valence-corrected chi connectivity index (χ1v) is 7.28. The SMILES string of the molecule is CCNC(C)c1cc2cc(Br)cc(C(C)C)c2o1. The van der Waals surface area contributed by atoms with Crippen LogP contribution in [0.2, 0.25) is 0 Å². The standard InChI is InChI=1S/C15H20BrNO/c1-5-17-10(4)14-7-11-6-12(16)8-13(9(2)3)15(11)18-14/h6-10,17H,5H2,1-4H3.